The van der Waals surface area contributed by atoms with E-state index >= 15 is 0 Å². The Balaban J connectivity index is 1.78. The molecule has 0 saturated heterocycles. The van der Waals surface area contributed by atoms with E-state index in [0.29, 0.717) is 22.6 Å². The van der Waals surface area contributed by atoms with Crippen LogP contribution in [-0.2, 0) is 0 Å². The van der Waals surface area contributed by atoms with Crippen molar-refractivity contribution in [3.8, 4) is 11.5 Å². The van der Waals surface area contributed by atoms with Crippen LogP contribution in [0.15, 0.2) is 48.5 Å². The maximum atomic E-state index is 9.96. The standard InChI is InChI=1S/C18H22N4O4/c19-17(20)11-1-5-13(6-2-11)25-9-15(23)16(24)10-26-14-7-3-12(4-8-14)18(21)22/h1-8,15-16,23-24H,9-10H2,(H3,19,20)(H3,21,22)/t15-,16+. The minimum atomic E-state index is -1.14. The second kappa shape index (κ2) is 8.84. The number of benzene rings is 2. The summed E-state index contributed by atoms with van der Waals surface area (Å²) in [5.74, 6) is 0.893. The summed E-state index contributed by atoms with van der Waals surface area (Å²) in [5, 5.41) is 34.6. The Hall–Kier alpha value is -3.10. The molecule has 2 aromatic carbocycles. The van der Waals surface area contributed by atoms with Crippen LogP contribution >= 0.6 is 0 Å². The van der Waals surface area contributed by atoms with Gasteiger partial charge in [0.15, 0.2) is 0 Å². The van der Waals surface area contributed by atoms with Crippen molar-refractivity contribution in [2.24, 2.45) is 11.5 Å². The molecule has 0 amide bonds. The van der Waals surface area contributed by atoms with E-state index in [1.807, 2.05) is 0 Å². The fraction of sp³-hybridized carbons (Fsp3) is 0.222. The second-order valence-electron chi connectivity index (χ2n) is 5.63. The van der Waals surface area contributed by atoms with Gasteiger partial charge in [-0.2, -0.15) is 0 Å². The first-order valence-electron chi connectivity index (χ1n) is 7.87. The molecule has 0 bridgehead atoms. The lowest BCUT2D eigenvalue weighted by atomic mass is 10.2. The zero-order valence-corrected chi connectivity index (χ0v) is 14.1. The molecule has 0 aliphatic carbocycles. The number of nitrogen functional groups attached to an aromatic ring is 2. The number of nitrogens with one attached hydrogen (secondary N) is 2. The largest absolute Gasteiger partial charge is 0.491 e. The van der Waals surface area contributed by atoms with E-state index in [0.717, 1.165) is 0 Å². The van der Waals surface area contributed by atoms with Gasteiger partial charge in [-0.1, -0.05) is 0 Å². The van der Waals surface area contributed by atoms with Crippen molar-refractivity contribution in [1.29, 1.82) is 10.8 Å². The van der Waals surface area contributed by atoms with E-state index in [1.165, 1.54) is 0 Å². The first kappa shape index (κ1) is 19.2. The van der Waals surface area contributed by atoms with Gasteiger partial charge < -0.3 is 31.2 Å². The fourth-order valence-corrected chi connectivity index (χ4v) is 2.05. The van der Waals surface area contributed by atoms with Crippen LogP contribution in [0.2, 0.25) is 0 Å². The minimum Gasteiger partial charge on any atom is -0.491 e. The van der Waals surface area contributed by atoms with Crippen molar-refractivity contribution in [1.82, 2.24) is 0 Å². The molecule has 0 fully saturated rings. The first-order valence-corrected chi connectivity index (χ1v) is 7.87. The molecule has 26 heavy (non-hydrogen) atoms. The van der Waals surface area contributed by atoms with Gasteiger partial charge >= 0.3 is 0 Å². The van der Waals surface area contributed by atoms with Crippen molar-refractivity contribution in [3.63, 3.8) is 0 Å². The molecule has 2 atom stereocenters. The summed E-state index contributed by atoms with van der Waals surface area (Å²) in [6.45, 7) is -0.236. The Morgan fingerprint density at radius 3 is 1.31 bits per heavy atom. The van der Waals surface area contributed by atoms with Gasteiger partial charge in [0, 0.05) is 11.1 Å². The molecule has 0 saturated carbocycles. The van der Waals surface area contributed by atoms with E-state index in [9.17, 15) is 10.2 Å². The van der Waals surface area contributed by atoms with Gasteiger partial charge in [0.25, 0.3) is 0 Å². The fourth-order valence-electron chi connectivity index (χ4n) is 2.05. The Labute approximate surface area is 151 Å². The molecule has 138 valence electrons. The molecule has 0 heterocycles. The minimum absolute atomic E-state index is 0.0412. The highest BCUT2D eigenvalue weighted by Crippen LogP contribution is 2.14. The van der Waals surface area contributed by atoms with Crippen molar-refractivity contribution < 1.29 is 19.7 Å². The number of hydrogen-bond acceptors (Lipinski definition) is 6. The van der Waals surface area contributed by atoms with E-state index in [2.05, 4.69) is 0 Å². The van der Waals surface area contributed by atoms with Crippen LogP contribution in [0, 0.1) is 10.8 Å². The number of rotatable bonds is 9. The van der Waals surface area contributed by atoms with Gasteiger partial charge in [0.1, 0.15) is 48.6 Å². The lowest BCUT2D eigenvalue weighted by Crippen LogP contribution is -2.36. The van der Waals surface area contributed by atoms with E-state index in [1.54, 1.807) is 48.5 Å². The van der Waals surface area contributed by atoms with Gasteiger partial charge in [-0.15, -0.1) is 0 Å². The summed E-state index contributed by atoms with van der Waals surface area (Å²) in [5.41, 5.74) is 11.9. The molecular weight excluding hydrogens is 336 g/mol. The molecule has 8 N–H and O–H groups in total. The predicted octanol–water partition coefficient (Wildman–Crippen LogP) is 0.434. The van der Waals surface area contributed by atoms with Crippen molar-refractivity contribution in [3.05, 3.63) is 59.7 Å². The average Bonchev–Trinajstić information content (AvgIpc) is 2.64. The molecule has 0 aromatic heterocycles. The van der Waals surface area contributed by atoms with Crippen LogP contribution in [0.25, 0.3) is 0 Å². The molecule has 2 rings (SSSR count). The normalized spacial score (nSPS) is 12.8. The second-order valence-corrected chi connectivity index (χ2v) is 5.63. The molecule has 8 nitrogen and oxygen atoms in total. The first-order chi connectivity index (χ1) is 12.4. The molecule has 2 aromatic rings. The van der Waals surface area contributed by atoms with E-state index < -0.39 is 12.2 Å². The maximum Gasteiger partial charge on any atom is 0.122 e. The van der Waals surface area contributed by atoms with Gasteiger partial charge in [0.2, 0.25) is 0 Å². The van der Waals surface area contributed by atoms with E-state index in [4.69, 9.17) is 31.8 Å². The molecule has 8 heteroatoms. The third kappa shape index (κ3) is 5.47. The lowest BCUT2D eigenvalue weighted by Gasteiger charge is -2.19. The molecule has 0 aliphatic rings. The molecule has 0 unspecified atom stereocenters. The number of ether oxygens (including phenoxy) is 2. The number of amidine groups is 2. The number of nitrogens with two attached hydrogens (primary N) is 2. The van der Waals surface area contributed by atoms with Gasteiger partial charge in [0.05, 0.1) is 0 Å². The summed E-state index contributed by atoms with van der Waals surface area (Å²) >= 11 is 0. The highest BCUT2D eigenvalue weighted by atomic mass is 16.5. The predicted molar refractivity (Wildman–Crippen MR) is 97.9 cm³/mol. The highest BCUT2D eigenvalue weighted by molar-refractivity contribution is 5.95. The number of aliphatic hydroxyl groups is 2. The zero-order valence-electron chi connectivity index (χ0n) is 14.1. The highest BCUT2D eigenvalue weighted by Gasteiger charge is 2.18. The van der Waals surface area contributed by atoms with Gasteiger partial charge in [-0.3, -0.25) is 10.8 Å². The summed E-state index contributed by atoms with van der Waals surface area (Å²) < 4.78 is 10.8. The lowest BCUT2D eigenvalue weighted by molar-refractivity contribution is -0.0288. The monoisotopic (exact) mass is 358 g/mol. The van der Waals surface area contributed by atoms with Crippen LogP contribution in [0.3, 0.4) is 0 Å². The summed E-state index contributed by atoms with van der Waals surface area (Å²) in [6.07, 6.45) is -2.28. The molecular formula is C18H22N4O4. The molecule has 0 radical (unpaired) electrons. The Morgan fingerprint density at radius 2 is 1.04 bits per heavy atom. The smallest absolute Gasteiger partial charge is 0.122 e. The van der Waals surface area contributed by atoms with Crippen molar-refractivity contribution in [2.45, 2.75) is 12.2 Å². The van der Waals surface area contributed by atoms with E-state index in [-0.39, 0.29) is 24.9 Å². The van der Waals surface area contributed by atoms with Crippen LogP contribution in [0.4, 0.5) is 0 Å². The number of hydrogen-bond donors (Lipinski definition) is 6. The third-order valence-electron chi connectivity index (χ3n) is 3.62. The van der Waals surface area contributed by atoms with Crippen LogP contribution < -0.4 is 20.9 Å². The maximum absolute atomic E-state index is 9.96. The Kier molecular flexibility index (Phi) is 6.54. The van der Waals surface area contributed by atoms with Crippen LogP contribution in [-0.4, -0.2) is 47.3 Å². The molecule has 0 spiro atoms. The topological polar surface area (TPSA) is 159 Å². The van der Waals surface area contributed by atoms with Crippen LogP contribution in [0.5, 0.6) is 11.5 Å². The quantitative estimate of drug-likeness (QED) is 0.282. The Morgan fingerprint density at radius 1 is 0.731 bits per heavy atom. The zero-order chi connectivity index (χ0) is 19.1. The summed E-state index contributed by atoms with van der Waals surface area (Å²) in [7, 11) is 0. The summed E-state index contributed by atoms with van der Waals surface area (Å²) in [4.78, 5) is 0. The average molecular weight is 358 g/mol. The molecule has 0 aliphatic heterocycles. The van der Waals surface area contributed by atoms with Crippen molar-refractivity contribution in [2.75, 3.05) is 13.2 Å². The Bertz CT molecular complexity index is 681. The van der Waals surface area contributed by atoms with Gasteiger partial charge in [-0.05, 0) is 48.5 Å². The SMILES string of the molecule is N=C(N)c1ccc(OC[C@@H](O)[C@@H](O)COc2ccc(C(=N)N)cc2)cc1. The summed E-state index contributed by atoms with van der Waals surface area (Å²) in [6, 6.07) is 13.0. The van der Waals surface area contributed by atoms with Crippen molar-refractivity contribution >= 4 is 11.7 Å². The van der Waals surface area contributed by atoms with Crippen LogP contribution in [0.1, 0.15) is 11.1 Å². The third-order valence-corrected chi connectivity index (χ3v) is 3.62. The number of aliphatic hydroxyl groups excluding tert-OH is 2. The van der Waals surface area contributed by atoms with Gasteiger partial charge in [-0.25, -0.2) is 0 Å².